The summed E-state index contributed by atoms with van der Waals surface area (Å²) in [5.74, 6) is 0.111. The number of ether oxygens (including phenoxy) is 2. The van der Waals surface area contributed by atoms with Crippen molar-refractivity contribution in [3.05, 3.63) is 70.9 Å². The number of nitrogens with zero attached hydrogens (tertiary/aromatic N) is 3. The van der Waals surface area contributed by atoms with Gasteiger partial charge in [0.1, 0.15) is 12.4 Å². The van der Waals surface area contributed by atoms with Gasteiger partial charge in [-0.15, -0.1) is 0 Å². The van der Waals surface area contributed by atoms with Crippen molar-refractivity contribution in [2.24, 2.45) is 5.41 Å². The zero-order valence-electron chi connectivity index (χ0n) is 25.7. The van der Waals surface area contributed by atoms with Gasteiger partial charge in [-0.1, -0.05) is 50.3 Å². The zero-order valence-corrected chi connectivity index (χ0v) is 26.5. The lowest BCUT2D eigenvalue weighted by Crippen LogP contribution is -2.50. The average molecular weight is 608 g/mol. The normalized spacial score (nSPS) is 14.3. The Bertz CT molecular complexity index is 1420. The SMILES string of the molecule is COc1cc(COc2cnc(NC(=O)c3ccc(CNC(C)C(C)(C)C)cc3)s2)ccc1C(=O)N1CCN(C(C)=O)CC1. The first-order valence-electron chi connectivity index (χ1n) is 14.4. The third-order valence-corrected chi connectivity index (χ3v) is 8.55. The van der Waals surface area contributed by atoms with Crippen LogP contribution < -0.4 is 20.1 Å². The Morgan fingerprint density at radius 1 is 1.00 bits per heavy atom. The third kappa shape index (κ3) is 8.55. The van der Waals surface area contributed by atoms with Gasteiger partial charge in [-0.25, -0.2) is 4.98 Å². The van der Waals surface area contributed by atoms with Gasteiger partial charge in [0.15, 0.2) is 10.2 Å². The van der Waals surface area contributed by atoms with Crippen molar-refractivity contribution in [2.75, 3.05) is 38.6 Å². The van der Waals surface area contributed by atoms with Crippen LogP contribution in [0, 0.1) is 5.41 Å². The molecule has 2 N–H and O–H groups in total. The summed E-state index contributed by atoms with van der Waals surface area (Å²) in [5.41, 5.74) is 3.12. The molecule has 0 aliphatic carbocycles. The second kappa shape index (κ2) is 14.0. The molecule has 3 aromatic rings. The van der Waals surface area contributed by atoms with E-state index in [0.717, 1.165) is 17.7 Å². The van der Waals surface area contributed by atoms with Crippen molar-refractivity contribution in [1.82, 2.24) is 20.1 Å². The fourth-order valence-corrected chi connectivity index (χ4v) is 5.12. The topological polar surface area (TPSA) is 113 Å². The Hall–Kier alpha value is -3.96. The number of rotatable bonds is 10. The van der Waals surface area contributed by atoms with Gasteiger partial charge >= 0.3 is 0 Å². The van der Waals surface area contributed by atoms with E-state index < -0.39 is 0 Å². The number of hydrogen-bond donors (Lipinski definition) is 2. The number of aromatic nitrogens is 1. The lowest BCUT2D eigenvalue weighted by Gasteiger charge is -2.34. The molecule has 0 spiro atoms. The molecular weight excluding hydrogens is 566 g/mol. The van der Waals surface area contributed by atoms with Crippen LogP contribution in [0.4, 0.5) is 5.13 Å². The number of amides is 3. The van der Waals surface area contributed by atoms with E-state index in [4.69, 9.17) is 9.47 Å². The largest absolute Gasteiger partial charge is 0.496 e. The summed E-state index contributed by atoms with van der Waals surface area (Å²) < 4.78 is 11.4. The van der Waals surface area contributed by atoms with Crippen LogP contribution in [0.25, 0.3) is 0 Å². The number of carbonyl (C=O) groups excluding carboxylic acids is 3. The molecule has 10 nitrogen and oxygen atoms in total. The van der Waals surface area contributed by atoms with Crippen LogP contribution in [0.15, 0.2) is 48.7 Å². The van der Waals surface area contributed by atoms with E-state index in [1.165, 1.54) is 25.4 Å². The minimum Gasteiger partial charge on any atom is -0.496 e. The van der Waals surface area contributed by atoms with Gasteiger partial charge < -0.3 is 24.6 Å². The molecule has 2 aromatic carbocycles. The molecule has 43 heavy (non-hydrogen) atoms. The number of hydrogen-bond acceptors (Lipinski definition) is 8. The van der Waals surface area contributed by atoms with Gasteiger partial charge in [0.25, 0.3) is 11.8 Å². The predicted octanol–water partition coefficient (Wildman–Crippen LogP) is 4.81. The van der Waals surface area contributed by atoms with E-state index in [1.54, 1.807) is 28.1 Å². The average Bonchev–Trinajstić information content (AvgIpc) is 3.45. The maximum Gasteiger partial charge on any atom is 0.257 e. The van der Waals surface area contributed by atoms with Crippen molar-refractivity contribution in [3.8, 4) is 10.8 Å². The fraction of sp³-hybridized carbons (Fsp3) is 0.438. The maximum atomic E-state index is 13.1. The van der Waals surface area contributed by atoms with E-state index in [-0.39, 0.29) is 29.7 Å². The van der Waals surface area contributed by atoms with Crippen LogP contribution in [0.5, 0.6) is 10.8 Å². The van der Waals surface area contributed by atoms with E-state index in [1.807, 2.05) is 30.3 Å². The Kier molecular flexibility index (Phi) is 10.4. The minimum atomic E-state index is -0.240. The monoisotopic (exact) mass is 607 g/mol. The lowest BCUT2D eigenvalue weighted by molar-refractivity contribution is -0.130. The molecule has 1 saturated heterocycles. The molecule has 11 heteroatoms. The first-order valence-corrected chi connectivity index (χ1v) is 15.2. The van der Waals surface area contributed by atoms with Crippen molar-refractivity contribution < 1.29 is 23.9 Å². The molecule has 1 aliphatic rings. The van der Waals surface area contributed by atoms with Gasteiger partial charge in [0, 0.05) is 51.3 Å². The Morgan fingerprint density at radius 3 is 2.28 bits per heavy atom. The van der Waals surface area contributed by atoms with Crippen LogP contribution >= 0.6 is 11.3 Å². The predicted molar refractivity (Wildman–Crippen MR) is 168 cm³/mol. The van der Waals surface area contributed by atoms with E-state index in [0.29, 0.717) is 59.3 Å². The maximum absolute atomic E-state index is 13.1. The highest BCUT2D eigenvalue weighted by atomic mass is 32.1. The molecule has 1 aromatic heterocycles. The van der Waals surface area contributed by atoms with Gasteiger partial charge in [-0.05, 0) is 47.7 Å². The molecule has 0 saturated carbocycles. The van der Waals surface area contributed by atoms with Gasteiger partial charge in [-0.2, -0.15) is 0 Å². The second-order valence-electron chi connectivity index (χ2n) is 11.7. The molecule has 0 radical (unpaired) electrons. The van der Waals surface area contributed by atoms with Crippen LogP contribution in [0.1, 0.15) is 66.5 Å². The number of benzene rings is 2. The Balaban J connectivity index is 1.28. The third-order valence-electron chi connectivity index (χ3n) is 7.72. The van der Waals surface area contributed by atoms with Gasteiger partial charge in [0.2, 0.25) is 5.91 Å². The molecule has 3 amide bonds. The van der Waals surface area contributed by atoms with Gasteiger partial charge in [-0.3, -0.25) is 19.7 Å². The van der Waals surface area contributed by atoms with Crippen LogP contribution in [0.3, 0.4) is 0 Å². The highest BCUT2D eigenvalue weighted by molar-refractivity contribution is 7.17. The highest BCUT2D eigenvalue weighted by Gasteiger charge is 2.25. The summed E-state index contributed by atoms with van der Waals surface area (Å²) in [6, 6.07) is 13.2. The molecule has 0 bridgehead atoms. The fourth-order valence-electron chi connectivity index (χ4n) is 4.46. The summed E-state index contributed by atoms with van der Waals surface area (Å²) >= 11 is 1.24. The van der Waals surface area contributed by atoms with Crippen LogP contribution in [-0.4, -0.2) is 71.8 Å². The lowest BCUT2D eigenvalue weighted by atomic mass is 9.88. The van der Waals surface area contributed by atoms with Crippen molar-refractivity contribution in [2.45, 2.75) is 53.8 Å². The number of anilines is 1. The van der Waals surface area contributed by atoms with E-state index >= 15 is 0 Å². The van der Waals surface area contributed by atoms with E-state index in [9.17, 15) is 14.4 Å². The summed E-state index contributed by atoms with van der Waals surface area (Å²) in [6.45, 7) is 13.3. The van der Waals surface area contributed by atoms with Crippen molar-refractivity contribution in [3.63, 3.8) is 0 Å². The standard InChI is InChI=1S/C32H41N5O5S/c1-21(32(3,4)5)33-18-23-7-10-25(11-8-23)29(39)35-31-34-19-28(43-31)42-20-24-9-12-26(27(17-24)41-6)30(40)37-15-13-36(14-16-37)22(2)38/h7-12,17,19,21,33H,13-16,18,20H2,1-6H3,(H,34,35,39). The number of piperazine rings is 1. The smallest absolute Gasteiger partial charge is 0.257 e. The molecular formula is C32H41N5O5S. The molecule has 2 heterocycles. The van der Waals surface area contributed by atoms with Crippen LogP contribution in [-0.2, 0) is 17.9 Å². The second-order valence-corrected chi connectivity index (χ2v) is 12.7. The van der Waals surface area contributed by atoms with Gasteiger partial charge in [0.05, 0.1) is 18.9 Å². The summed E-state index contributed by atoms with van der Waals surface area (Å²) in [7, 11) is 1.53. The zero-order chi connectivity index (χ0) is 31.1. The first kappa shape index (κ1) is 32.0. The molecule has 1 unspecified atom stereocenters. The number of methoxy groups -OCH3 is 1. The molecule has 1 atom stereocenters. The molecule has 4 rings (SSSR count). The quantitative estimate of drug-likeness (QED) is 0.340. The number of nitrogens with one attached hydrogen (secondary N) is 2. The van der Waals surface area contributed by atoms with E-state index in [2.05, 4.69) is 43.3 Å². The highest BCUT2D eigenvalue weighted by Crippen LogP contribution is 2.28. The first-order chi connectivity index (χ1) is 20.4. The number of carbonyl (C=O) groups is 3. The summed E-state index contributed by atoms with van der Waals surface area (Å²) in [6.07, 6.45) is 1.57. The summed E-state index contributed by atoms with van der Waals surface area (Å²) in [4.78, 5) is 45.2. The van der Waals surface area contributed by atoms with Crippen LogP contribution in [0.2, 0.25) is 0 Å². The summed E-state index contributed by atoms with van der Waals surface area (Å²) in [5, 5.41) is 7.35. The van der Waals surface area contributed by atoms with Crippen molar-refractivity contribution in [1.29, 1.82) is 0 Å². The minimum absolute atomic E-state index is 0.0179. The Morgan fingerprint density at radius 2 is 1.65 bits per heavy atom. The Labute approximate surface area is 257 Å². The molecule has 230 valence electrons. The molecule has 1 aliphatic heterocycles. The number of thiazole rings is 1. The van der Waals surface area contributed by atoms with Crippen molar-refractivity contribution >= 4 is 34.2 Å². The molecule has 1 fully saturated rings.